The number of carboxylic acids is 1. The molecule has 2 aromatic heterocycles. The van der Waals surface area contributed by atoms with E-state index in [1.807, 2.05) is 36.5 Å². The fourth-order valence-electron chi connectivity index (χ4n) is 2.19. The molecule has 3 rings (SSSR count). The third-order valence-electron chi connectivity index (χ3n) is 3.30. The predicted octanol–water partition coefficient (Wildman–Crippen LogP) is 3.20. The van der Waals surface area contributed by atoms with E-state index >= 15 is 0 Å². The lowest BCUT2D eigenvalue weighted by molar-refractivity contribution is 0.0661. The molecule has 0 amide bonds. The van der Waals surface area contributed by atoms with E-state index in [4.69, 9.17) is 9.52 Å². The van der Waals surface area contributed by atoms with Gasteiger partial charge in [-0.15, -0.1) is 0 Å². The van der Waals surface area contributed by atoms with Gasteiger partial charge < -0.3 is 9.52 Å². The van der Waals surface area contributed by atoms with Gasteiger partial charge in [-0.05, 0) is 18.6 Å². The van der Waals surface area contributed by atoms with Crippen molar-refractivity contribution in [2.45, 2.75) is 13.5 Å². The van der Waals surface area contributed by atoms with Crippen LogP contribution in [-0.4, -0.2) is 20.9 Å². The molecule has 106 valence electrons. The number of aromatic nitrogens is 2. The Kier molecular flexibility index (Phi) is 3.31. The molecule has 0 aliphatic carbocycles. The van der Waals surface area contributed by atoms with E-state index in [0.29, 0.717) is 12.3 Å². The molecule has 0 fully saturated rings. The molecule has 5 nitrogen and oxygen atoms in total. The Bertz CT molecular complexity index is 772. The van der Waals surface area contributed by atoms with Crippen LogP contribution in [-0.2, 0) is 6.54 Å². The van der Waals surface area contributed by atoms with Crippen molar-refractivity contribution < 1.29 is 14.3 Å². The largest absolute Gasteiger partial charge is 0.475 e. The Labute approximate surface area is 121 Å². The molecule has 0 unspecified atom stereocenters. The second-order valence-corrected chi connectivity index (χ2v) is 4.79. The minimum absolute atomic E-state index is 0.0436. The van der Waals surface area contributed by atoms with E-state index in [0.717, 1.165) is 16.7 Å². The summed E-state index contributed by atoms with van der Waals surface area (Å²) in [6.07, 6.45) is 3.73. The quantitative estimate of drug-likeness (QED) is 0.798. The van der Waals surface area contributed by atoms with Gasteiger partial charge in [0.25, 0.3) is 0 Å². The third-order valence-corrected chi connectivity index (χ3v) is 3.30. The summed E-state index contributed by atoms with van der Waals surface area (Å²) in [4.78, 5) is 10.9. The maximum Gasteiger partial charge on any atom is 0.371 e. The van der Waals surface area contributed by atoms with Gasteiger partial charge in [-0.3, -0.25) is 4.68 Å². The Hall–Kier alpha value is -2.82. The lowest BCUT2D eigenvalue weighted by Crippen LogP contribution is -2.00. The van der Waals surface area contributed by atoms with Crippen molar-refractivity contribution in [2.75, 3.05) is 0 Å². The molecule has 0 atom stereocenters. The number of rotatable bonds is 4. The van der Waals surface area contributed by atoms with Crippen molar-refractivity contribution in [3.63, 3.8) is 0 Å². The SMILES string of the molecule is Cc1oc(C(=O)O)cc1Cn1cc(-c2ccccc2)cn1. The Morgan fingerprint density at radius 1 is 1.29 bits per heavy atom. The fraction of sp³-hybridized carbons (Fsp3) is 0.125. The number of aromatic carboxylic acids is 1. The van der Waals surface area contributed by atoms with Crippen molar-refractivity contribution in [3.8, 4) is 11.1 Å². The highest BCUT2D eigenvalue weighted by Crippen LogP contribution is 2.20. The van der Waals surface area contributed by atoms with E-state index in [1.165, 1.54) is 0 Å². The molecule has 0 saturated heterocycles. The fourth-order valence-corrected chi connectivity index (χ4v) is 2.19. The molecule has 0 bridgehead atoms. The van der Waals surface area contributed by atoms with Crippen molar-refractivity contribution in [1.82, 2.24) is 9.78 Å². The van der Waals surface area contributed by atoms with E-state index in [9.17, 15) is 4.79 Å². The van der Waals surface area contributed by atoms with E-state index < -0.39 is 5.97 Å². The van der Waals surface area contributed by atoms with Crippen LogP contribution in [0.25, 0.3) is 11.1 Å². The summed E-state index contributed by atoms with van der Waals surface area (Å²) in [5.74, 6) is -0.503. The summed E-state index contributed by atoms with van der Waals surface area (Å²) in [5, 5.41) is 13.2. The zero-order valence-corrected chi connectivity index (χ0v) is 11.5. The Morgan fingerprint density at radius 2 is 2.05 bits per heavy atom. The maximum atomic E-state index is 10.9. The van der Waals surface area contributed by atoms with Crippen LogP contribution in [0.1, 0.15) is 21.9 Å². The second-order valence-electron chi connectivity index (χ2n) is 4.79. The number of benzene rings is 1. The summed E-state index contributed by atoms with van der Waals surface area (Å²) in [5.41, 5.74) is 2.93. The monoisotopic (exact) mass is 282 g/mol. The summed E-state index contributed by atoms with van der Waals surface area (Å²) < 4.78 is 6.97. The lowest BCUT2D eigenvalue weighted by atomic mass is 10.1. The molecule has 3 aromatic rings. The third kappa shape index (κ3) is 2.72. The van der Waals surface area contributed by atoms with Crippen LogP contribution < -0.4 is 0 Å². The van der Waals surface area contributed by atoms with Crippen LogP contribution in [0.15, 0.2) is 53.2 Å². The summed E-state index contributed by atoms with van der Waals surface area (Å²) in [7, 11) is 0. The van der Waals surface area contributed by atoms with E-state index in [2.05, 4.69) is 5.10 Å². The zero-order valence-electron chi connectivity index (χ0n) is 11.5. The van der Waals surface area contributed by atoms with Gasteiger partial charge >= 0.3 is 5.97 Å². The van der Waals surface area contributed by atoms with Crippen LogP contribution in [0, 0.1) is 6.92 Å². The van der Waals surface area contributed by atoms with Gasteiger partial charge in [0.1, 0.15) is 5.76 Å². The van der Waals surface area contributed by atoms with Crippen molar-refractivity contribution >= 4 is 5.97 Å². The van der Waals surface area contributed by atoms with Gasteiger partial charge in [0.15, 0.2) is 0 Å². The van der Waals surface area contributed by atoms with Gasteiger partial charge in [-0.2, -0.15) is 5.10 Å². The first-order valence-electron chi connectivity index (χ1n) is 6.54. The van der Waals surface area contributed by atoms with Gasteiger partial charge in [-0.25, -0.2) is 4.79 Å². The molecule has 2 heterocycles. The van der Waals surface area contributed by atoms with Gasteiger partial charge in [0.2, 0.25) is 5.76 Å². The van der Waals surface area contributed by atoms with Crippen LogP contribution in [0.4, 0.5) is 0 Å². The van der Waals surface area contributed by atoms with Crippen LogP contribution >= 0.6 is 0 Å². The predicted molar refractivity (Wildman–Crippen MR) is 77.2 cm³/mol. The second kappa shape index (κ2) is 5.28. The summed E-state index contributed by atoms with van der Waals surface area (Å²) in [6, 6.07) is 11.5. The van der Waals surface area contributed by atoms with Gasteiger partial charge in [0.05, 0.1) is 12.7 Å². The normalized spacial score (nSPS) is 10.7. The highest BCUT2D eigenvalue weighted by molar-refractivity contribution is 5.84. The average Bonchev–Trinajstić information content (AvgIpc) is 3.08. The highest BCUT2D eigenvalue weighted by Gasteiger charge is 2.13. The molecule has 0 spiro atoms. The molecular formula is C16H14N2O3. The molecule has 5 heteroatoms. The molecule has 21 heavy (non-hydrogen) atoms. The summed E-state index contributed by atoms with van der Waals surface area (Å²) in [6.45, 7) is 2.23. The van der Waals surface area contributed by atoms with Crippen molar-refractivity contribution in [1.29, 1.82) is 0 Å². The topological polar surface area (TPSA) is 68.3 Å². The lowest BCUT2D eigenvalue weighted by Gasteiger charge is -1.99. The number of carbonyl (C=O) groups is 1. The molecule has 0 aliphatic rings. The minimum atomic E-state index is -1.06. The number of carboxylic acid groups (broad SMARTS) is 1. The molecule has 0 saturated carbocycles. The van der Waals surface area contributed by atoms with Crippen LogP contribution in [0.5, 0.6) is 0 Å². The maximum absolute atomic E-state index is 10.9. The smallest absolute Gasteiger partial charge is 0.371 e. The zero-order chi connectivity index (χ0) is 14.8. The van der Waals surface area contributed by atoms with Crippen molar-refractivity contribution in [2.24, 2.45) is 0 Å². The number of nitrogens with zero attached hydrogens (tertiary/aromatic N) is 2. The van der Waals surface area contributed by atoms with Crippen molar-refractivity contribution in [3.05, 3.63) is 65.9 Å². The van der Waals surface area contributed by atoms with E-state index in [-0.39, 0.29) is 5.76 Å². The molecule has 1 N–H and O–H groups in total. The first-order valence-corrected chi connectivity index (χ1v) is 6.54. The standard InChI is InChI=1S/C16H14N2O3/c1-11-13(7-15(21-11)16(19)20)9-18-10-14(8-17-18)12-5-3-2-4-6-12/h2-8,10H,9H2,1H3,(H,19,20). The number of furan rings is 1. The first kappa shape index (κ1) is 13.2. The first-order chi connectivity index (χ1) is 10.1. The Morgan fingerprint density at radius 3 is 2.71 bits per heavy atom. The van der Waals surface area contributed by atoms with Gasteiger partial charge in [-0.1, -0.05) is 30.3 Å². The minimum Gasteiger partial charge on any atom is -0.475 e. The Balaban J connectivity index is 1.83. The number of hydrogen-bond acceptors (Lipinski definition) is 3. The summed E-state index contributed by atoms with van der Waals surface area (Å²) >= 11 is 0. The molecule has 0 aliphatic heterocycles. The van der Waals surface area contributed by atoms with Gasteiger partial charge in [0, 0.05) is 17.3 Å². The molecule has 0 radical (unpaired) electrons. The van der Waals surface area contributed by atoms with Crippen LogP contribution in [0.3, 0.4) is 0 Å². The number of hydrogen-bond donors (Lipinski definition) is 1. The molecule has 1 aromatic carbocycles. The average molecular weight is 282 g/mol. The van der Waals surface area contributed by atoms with E-state index in [1.54, 1.807) is 23.9 Å². The number of aryl methyl sites for hydroxylation is 1. The van der Waals surface area contributed by atoms with Crippen LogP contribution in [0.2, 0.25) is 0 Å². The highest BCUT2D eigenvalue weighted by atomic mass is 16.4. The molecular weight excluding hydrogens is 268 g/mol.